The molecular weight excluding hydrogens is 300 g/mol. The lowest BCUT2D eigenvalue weighted by Gasteiger charge is -2.31. The fraction of sp³-hybridized carbons (Fsp3) is 0.429. The van der Waals surface area contributed by atoms with Crippen molar-refractivity contribution in [2.75, 3.05) is 12.3 Å². The number of hydrogen-bond donors (Lipinski definition) is 1. The van der Waals surface area contributed by atoms with Crippen LogP contribution < -0.4 is 0 Å². The number of thioether (sulfide) groups is 1. The third-order valence-electron chi connectivity index (χ3n) is 3.66. The van der Waals surface area contributed by atoms with Gasteiger partial charge >= 0.3 is 5.97 Å². The highest BCUT2D eigenvalue weighted by atomic mass is 32.2. The number of benzene rings is 1. The summed E-state index contributed by atoms with van der Waals surface area (Å²) in [7, 11) is 0. The lowest BCUT2D eigenvalue weighted by molar-refractivity contribution is -0.154. The Bertz CT molecular complexity index is 581. The van der Waals surface area contributed by atoms with E-state index in [0.29, 0.717) is 24.3 Å². The van der Waals surface area contributed by atoms with Crippen molar-refractivity contribution in [2.45, 2.75) is 30.2 Å². The number of carboxylic acid groups (broad SMARTS) is 1. The molecule has 1 aliphatic rings. The number of nitrogens with zero attached hydrogens (tertiary/aromatic N) is 1. The van der Waals surface area contributed by atoms with Crippen LogP contribution in [0.25, 0.3) is 0 Å². The Morgan fingerprint density at radius 3 is 2.71 bits per heavy atom. The second-order valence-corrected chi connectivity index (χ2v) is 6.14. The number of carbonyl (C=O) groups excluding carboxylic acids is 1. The number of aliphatic carboxylic acids is 1. The van der Waals surface area contributed by atoms with Gasteiger partial charge in [-0.3, -0.25) is 4.79 Å². The van der Waals surface area contributed by atoms with Crippen LogP contribution in [0.1, 0.15) is 19.8 Å². The average molecular weight is 315 g/mol. The Hall–Kier alpha value is -1.63. The molecule has 1 heterocycles. The first-order chi connectivity index (χ1) is 9.84. The molecule has 7 heteroatoms. The minimum atomic E-state index is -1.17. The maximum Gasteiger partial charge on any atom is 0.329 e. The number of halogens is 2. The van der Waals surface area contributed by atoms with Crippen molar-refractivity contribution in [3.63, 3.8) is 0 Å². The minimum absolute atomic E-state index is 0.00601. The molecule has 0 saturated carbocycles. The second kappa shape index (κ2) is 6.01. The van der Waals surface area contributed by atoms with E-state index < -0.39 is 23.1 Å². The largest absolute Gasteiger partial charge is 0.480 e. The molecule has 0 bridgehead atoms. The van der Waals surface area contributed by atoms with E-state index in [4.69, 9.17) is 0 Å². The van der Waals surface area contributed by atoms with Crippen LogP contribution in [0.4, 0.5) is 8.78 Å². The predicted octanol–water partition coefficient (Wildman–Crippen LogP) is 2.52. The molecule has 1 atom stereocenters. The van der Waals surface area contributed by atoms with Crippen molar-refractivity contribution in [3.8, 4) is 0 Å². The van der Waals surface area contributed by atoms with Crippen molar-refractivity contribution in [1.29, 1.82) is 0 Å². The summed E-state index contributed by atoms with van der Waals surface area (Å²) >= 11 is 1.06. The van der Waals surface area contributed by atoms with Gasteiger partial charge in [0, 0.05) is 11.4 Å². The second-order valence-electron chi connectivity index (χ2n) is 5.09. The molecule has 1 amide bonds. The number of hydrogen-bond acceptors (Lipinski definition) is 3. The number of rotatable bonds is 4. The topological polar surface area (TPSA) is 57.6 Å². The van der Waals surface area contributed by atoms with E-state index >= 15 is 0 Å². The van der Waals surface area contributed by atoms with E-state index in [9.17, 15) is 23.5 Å². The normalized spacial score (nSPS) is 21.6. The molecule has 4 nitrogen and oxygen atoms in total. The maximum absolute atomic E-state index is 13.1. The molecule has 1 unspecified atom stereocenters. The first-order valence-electron chi connectivity index (χ1n) is 6.46. The van der Waals surface area contributed by atoms with Crippen molar-refractivity contribution in [1.82, 2.24) is 4.90 Å². The summed E-state index contributed by atoms with van der Waals surface area (Å²) in [6.45, 7) is 1.93. The van der Waals surface area contributed by atoms with Crippen LogP contribution in [0.15, 0.2) is 23.1 Å². The molecule has 1 N–H and O–H groups in total. The van der Waals surface area contributed by atoms with Gasteiger partial charge in [-0.2, -0.15) is 0 Å². The van der Waals surface area contributed by atoms with Gasteiger partial charge in [0.2, 0.25) is 5.91 Å². The average Bonchev–Trinajstić information content (AvgIpc) is 2.83. The Morgan fingerprint density at radius 2 is 2.10 bits per heavy atom. The molecule has 1 aliphatic heterocycles. The quantitative estimate of drug-likeness (QED) is 0.868. The Morgan fingerprint density at radius 1 is 1.38 bits per heavy atom. The summed E-state index contributed by atoms with van der Waals surface area (Å²) in [5, 5.41) is 9.25. The Kier molecular flexibility index (Phi) is 4.51. The van der Waals surface area contributed by atoms with E-state index in [1.54, 1.807) is 0 Å². The zero-order valence-corrected chi connectivity index (χ0v) is 12.3. The minimum Gasteiger partial charge on any atom is -0.480 e. The molecule has 21 heavy (non-hydrogen) atoms. The summed E-state index contributed by atoms with van der Waals surface area (Å²) in [4.78, 5) is 25.2. The third kappa shape index (κ3) is 3.18. The molecular formula is C14H15F2NO3S. The monoisotopic (exact) mass is 315 g/mol. The van der Waals surface area contributed by atoms with Crippen LogP contribution >= 0.6 is 11.8 Å². The van der Waals surface area contributed by atoms with Crippen LogP contribution in [0.5, 0.6) is 0 Å². The molecule has 0 spiro atoms. The van der Waals surface area contributed by atoms with Gasteiger partial charge < -0.3 is 10.0 Å². The first-order valence-corrected chi connectivity index (χ1v) is 7.45. The molecule has 0 aliphatic carbocycles. The van der Waals surface area contributed by atoms with Gasteiger partial charge in [0.05, 0.1) is 5.75 Å². The summed E-state index contributed by atoms with van der Waals surface area (Å²) < 4.78 is 25.9. The molecule has 1 aromatic rings. The number of likely N-dealkylation sites (tertiary alicyclic amines) is 1. The Balaban J connectivity index is 2.01. The van der Waals surface area contributed by atoms with E-state index in [2.05, 4.69) is 0 Å². The van der Waals surface area contributed by atoms with Crippen molar-refractivity contribution >= 4 is 23.6 Å². The lowest BCUT2D eigenvalue weighted by Crippen LogP contribution is -2.51. The zero-order chi connectivity index (χ0) is 15.6. The van der Waals surface area contributed by atoms with Crippen LogP contribution in [0.3, 0.4) is 0 Å². The standard InChI is InChI=1S/C14H15F2NO3S/c1-14(13(19)20)5-2-6-17(14)12(18)8-21-9-3-4-10(15)11(16)7-9/h3-4,7H,2,5-6,8H2,1H3,(H,19,20). The van der Waals surface area contributed by atoms with Gasteiger partial charge in [-0.25, -0.2) is 13.6 Å². The summed E-state index contributed by atoms with van der Waals surface area (Å²) in [6, 6.07) is 3.41. The molecule has 2 rings (SSSR count). The van der Waals surface area contributed by atoms with Crippen molar-refractivity contribution in [2.24, 2.45) is 0 Å². The van der Waals surface area contributed by atoms with E-state index in [1.165, 1.54) is 17.9 Å². The van der Waals surface area contributed by atoms with E-state index in [0.717, 1.165) is 23.9 Å². The van der Waals surface area contributed by atoms with Gasteiger partial charge in [0.15, 0.2) is 11.6 Å². The van der Waals surface area contributed by atoms with Gasteiger partial charge in [0.25, 0.3) is 0 Å². The predicted molar refractivity (Wildman–Crippen MR) is 74.1 cm³/mol. The van der Waals surface area contributed by atoms with Crippen LogP contribution in [-0.2, 0) is 9.59 Å². The van der Waals surface area contributed by atoms with Crippen molar-refractivity contribution < 1.29 is 23.5 Å². The first kappa shape index (κ1) is 15.8. The smallest absolute Gasteiger partial charge is 0.329 e. The summed E-state index contributed by atoms with van der Waals surface area (Å²) in [5.41, 5.74) is -1.17. The molecule has 0 radical (unpaired) electrons. The molecule has 114 valence electrons. The summed E-state index contributed by atoms with van der Waals surface area (Å²) in [6.07, 6.45) is 1.06. The van der Waals surface area contributed by atoms with Crippen LogP contribution in [-0.4, -0.2) is 39.7 Å². The molecule has 1 aromatic carbocycles. The Labute approximate surface area is 125 Å². The highest BCUT2D eigenvalue weighted by Crippen LogP contribution is 2.30. The van der Waals surface area contributed by atoms with Crippen LogP contribution in [0.2, 0.25) is 0 Å². The SMILES string of the molecule is CC1(C(=O)O)CCCN1C(=O)CSc1ccc(F)c(F)c1. The van der Waals surface area contributed by atoms with Gasteiger partial charge in [-0.15, -0.1) is 11.8 Å². The lowest BCUT2D eigenvalue weighted by atomic mass is 9.99. The van der Waals surface area contributed by atoms with Gasteiger partial charge in [0.1, 0.15) is 5.54 Å². The van der Waals surface area contributed by atoms with Crippen molar-refractivity contribution in [3.05, 3.63) is 29.8 Å². The number of carbonyl (C=O) groups is 2. The van der Waals surface area contributed by atoms with E-state index in [1.807, 2.05) is 0 Å². The molecule has 1 fully saturated rings. The molecule has 1 saturated heterocycles. The van der Waals surface area contributed by atoms with Gasteiger partial charge in [-0.05, 0) is 38.0 Å². The van der Waals surface area contributed by atoms with Gasteiger partial charge in [-0.1, -0.05) is 0 Å². The zero-order valence-electron chi connectivity index (χ0n) is 11.4. The summed E-state index contributed by atoms with van der Waals surface area (Å²) in [5.74, 6) is -3.25. The number of amides is 1. The van der Waals surface area contributed by atoms with Crippen LogP contribution in [0, 0.1) is 11.6 Å². The highest BCUT2D eigenvalue weighted by molar-refractivity contribution is 8.00. The number of carboxylic acids is 1. The third-order valence-corrected chi connectivity index (χ3v) is 4.63. The maximum atomic E-state index is 13.1. The molecule has 0 aromatic heterocycles. The fourth-order valence-electron chi connectivity index (χ4n) is 2.38. The fourth-order valence-corrected chi connectivity index (χ4v) is 3.17. The van der Waals surface area contributed by atoms with E-state index in [-0.39, 0.29) is 11.7 Å². The highest BCUT2D eigenvalue weighted by Gasteiger charge is 2.45.